The summed E-state index contributed by atoms with van der Waals surface area (Å²) in [5.74, 6) is 0. The summed E-state index contributed by atoms with van der Waals surface area (Å²) >= 11 is 0. The van der Waals surface area contributed by atoms with Crippen LogP contribution in [-0.4, -0.2) is 8.32 Å². The van der Waals surface area contributed by atoms with E-state index in [-0.39, 0.29) is 6.10 Å². The van der Waals surface area contributed by atoms with Crippen LogP contribution < -0.4 is 0 Å². The summed E-state index contributed by atoms with van der Waals surface area (Å²) in [6.07, 6.45) is -2.97. The molecule has 21 heavy (non-hydrogen) atoms. The third kappa shape index (κ3) is 4.45. The van der Waals surface area contributed by atoms with Gasteiger partial charge in [0.25, 0.3) is 0 Å². The summed E-state index contributed by atoms with van der Waals surface area (Å²) in [4.78, 5) is 0. The lowest BCUT2D eigenvalue weighted by atomic mass is 10.1. The van der Waals surface area contributed by atoms with Crippen LogP contribution in [0.5, 0.6) is 0 Å². The van der Waals surface area contributed by atoms with E-state index >= 15 is 0 Å². The normalized spacial score (nSPS) is 14.0. The fraction of sp³-hybridized carbons (Fsp3) is 0.500. The van der Waals surface area contributed by atoms with Gasteiger partial charge in [-0.15, -0.1) is 6.58 Å². The maximum absolute atomic E-state index is 12.6. The van der Waals surface area contributed by atoms with Crippen molar-refractivity contribution >= 4 is 8.32 Å². The molecule has 1 unspecified atom stereocenters. The van der Waals surface area contributed by atoms with Gasteiger partial charge in [-0.2, -0.15) is 13.2 Å². The molecule has 1 nitrogen and oxygen atoms in total. The number of rotatable bonds is 7. The Morgan fingerprint density at radius 1 is 1.10 bits per heavy atom. The third-order valence-electron chi connectivity index (χ3n) is 4.09. The van der Waals surface area contributed by atoms with Gasteiger partial charge < -0.3 is 4.43 Å². The Balaban J connectivity index is 2.98. The lowest BCUT2D eigenvalue weighted by Crippen LogP contribution is -2.36. The zero-order valence-corrected chi connectivity index (χ0v) is 13.8. The molecule has 0 spiro atoms. The number of halogens is 3. The standard InChI is InChI=1S/C16H23F3OSi/c1-5-15(20-21(6-2,7-3)8-4)13-9-11-14(12-10-13)16(17,18)19/h5,9-12,15H,1,6-8H2,2-4H3. The zero-order valence-electron chi connectivity index (χ0n) is 12.8. The topological polar surface area (TPSA) is 9.23 Å². The van der Waals surface area contributed by atoms with Crippen LogP contribution in [0.25, 0.3) is 0 Å². The van der Waals surface area contributed by atoms with Crippen LogP contribution in [0.3, 0.4) is 0 Å². The van der Waals surface area contributed by atoms with Crippen molar-refractivity contribution in [1.82, 2.24) is 0 Å². The second-order valence-corrected chi connectivity index (χ2v) is 9.86. The molecule has 0 saturated heterocycles. The summed E-state index contributed by atoms with van der Waals surface area (Å²) < 4.78 is 44.1. The molecule has 0 amide bonds. The van der Waals surface area contributed by atoms with Crippen LogP contribution in [0.2, 0.25) is 18.1 Å². The highest BCUT2D eigenvalue weighted by Crippen LogP contribution is 2.33. The predicted molar refractivity (Wildman–Crippen MR) is 82.7 cm³/mol. The molecule has 0 aliphatic carbocycles. The van der Waals surface area contributed by atoms with Gasteiger partial charge in [0.2, 0.25) is 0 Å². The van der Waals surface area contributed by atoms with Gasteiger partial charge in [-0.05, 0) is 35.8 Å². The van der Waals surface area contributed by atoms with Crippen molar-refractivity contribution in [2.45, 2.75) is 51.2 Å². The molecule has 0 bridgehead atoms. The third-order valence-corrected chi connectivity index (χ3v) is 8.71. The molecule has 0 aliphatic heterocycles. The first-order chi connectivity index (χ1) is 9.81. The minimum Gasteiger partial charge on any atom is -0.407 e. The lowest BCUT2D eigenvalue weighted by Gasteiger charge is -2.32. The summed E-state index contributed by atoms with van der Waals surface area (Å²) in [7, 11) is -1.83. The molecule has 0 saturated carbocycles. The molecule has 1 aromatic carbocycles. The second-order valence-electron chi connectivity index (χ2n) is 5.14. The van der Waals surface area contributed by atoms with Crippen molar-refractivity contribution in [2.24, 2.45) is 0 Å². The molecule has 0 aliphatic rings. The van der Waals surface area contributed by atoms with Gasteiger partial charge in [0.05, 0.1) is 11.7 Å². The van der Waals surface area contributed by atoms with Crippen LogP contribution >= 0.6 is 0 Å². The highest BCUT2D eigenvalue weighted by Gasteiger charge is 2.33. The van der Waals surface area contributed by atoms with Gasteiger partial charge in [0, 0.05) is 0 Å². The van der Waals surface area contributed by atoms with Crippen molar-refractivity contribution < 1.29 is 17.6 Å². The summed E-state index contributed by atoms with van der Waals surface area (Å²) in [5.41, 5.74) is 0.0873. The Labute approximate surface area is 126 Å². The molecule has 5 heteroatoms. The molecule has 0 heterocycles. The van der Waals surface area contributed by atoms with E-state index in [0.717, 1.165) is 35.8 Å². The van der Waals surface area contributed by atoms with Gasteiger partial charge in [0.15, 0.2) is 8.32 Å². The van der Waals surface area contributed by atoms with Gasteiger partial charge >= 0.3 is 6.18 Å². The molecule has 0 fully saturated rings. The highest BCUT2D eigenvalue weighted by atomic mass is 28.4. The minimum atomic E-state index is -4.31. The minimum absolute atomic E-state index is 0.334. The summed E-state index contributed by atoms with van der Waals surface area (Å²) in [6.45, 7) is 10.1. The van der Waals surface area contributed by atoms with Gasteiger partial charge in [-0.25, -0.2) is 0 Å². The predicted octanol–water partition coefficient (Wildman–Crippen LogP) is 5.95. The van der Waals surface area contributed by atoms with E-state index in [9.17, 15) is 13.2 Å². The molecule has 118 valence electrons. The molecule has 0 radical (unpaired) electrons. The van der Waals surface area contributed by atoms with Gasteiger partial charge in [-0.3, -0.25) is 0 Å². The van der Waals surface area contributed by atoms with E-state index < -0.39 is 20.1 Å². The van der Waals surface area contributed by atoms with E-state index in [4.69, 9.17) is 4.43 Å². The molecule has 0 aromatic heterocycles. The van der Waals surface area contributed by atoms with Gasteiger partial charge in [0.1, 0.15) is 0 Å². The molecular weight excluding hydrogens is 293 g/mol. The SMILES string of the molecule is C=CC(O[Si](CC)(CC)CC)c1ccc(C(F)(F)F)cc1. The van der Waals surface area contributed by atoms with Crippen molar-refractivity contribution in [3.63, 3.8) is 0 Å². The fourth-order valence-electron chi connectivity index (χ4n) is 2.38. The average Bonchev–Trinajstić information content (AvgIpc) is 2.49. The first kappa shape index (κ1) is 18.0. The monoisotopic (exact) mass is 316 g/mol. The first-order valence-electron chi connectivity index (χ1n) is 7.29. The fourth-order valence-corrected chi connectivity index (χ4v) is 5.15. The molecule has 1 atom stereocenters. The Morgan fingerprint density at radius 2 is 1.57 bits per heavy atom. The first-order valence-corrected chi connectivity index (χ1v) is 9.82. The lowest BCUT2D eigenvalue weighted by molar-refractivity contribution is -0.137. The molecular formula is C16H23F3OSi. The van der Waals surface area contributed by atoms with Crippen LogP contribution in [0, 0.1) is 0 Å². The number of hydrogen-bond acceptors (Lipinski definition) is 1. The van der Waals surface area contributed by atoms with Crippen LogP contribution in [0.1, 0.15) is 38.0 Å². The Bertz CT molecular complexity index is 441. The zero-order chi connectivity index (χ0) is 16.1. The van der Waals surface area contributed by atoms with E-state index in [1.807, 2.05) is 0 Å². The Morgan fingerprint density at radius 3 is 1.90 bits per heavy atom. The average molecular weight is 316 g/mol. The number of benzene rings is 1. The molecule has 1 aromatic rings. The second kappa shape index (κ2) is 7.27. The van der Waals surface area contributed by atoms with Crippen molar-refractivity contribution in [1.29, 1.82) is 0 Å². The quantitative estimate of drug-likeness (QED) is 0.446. The van der Waals surface area contributed by atoms with E-state index in [1.54, 1.807) is 6.08 Å². The molecule has 1 rings (SSSR count). The smallest absolute Gasteiger partial charge is 0.407 e. The van der Waals surface area contributed by atoms with Crippen molar-refractivity contribution in [3.05, 3.63) is 48.0 Å². The largest absolute Gasteiger partial charge is 0.416 e. The summed E-state index contributed by atoms with van der Waals surface area (Å²) in [5, 5.41) is 0. The maximum atomic E-state index is 12.6. The van der Waals surface area contributed by atoms with Gasteiger partial charge in [-0.1, -0.05) is 39.0 Å². The maximum Gasteiger partial charge on any atom is 0.416 e. The van der Waals surface area contributed by atoms with Crippen molar-refractivity contribution in [3.8, 4) is 0 Å². The Hall–Kier alpha value is -1.07. The van der Waals surface area contributed by atoms with E-state index in [0.29, 0.717) is 0 Å². The van der Waals surface area contributed by atoms with Crippen molar-refractivity contribution in [2.75, 3.05) is 0 Å². The Kier molecular flexibility index (Phi) is 6.22. The highest BCUT2D eigenvalue weighted by molar-refractivity contribution is 6.73. The number of alkyl halides is 3. The number of hydrogen-bond donors (Lipinski definition) is 0. The van der Waals surface area contributed by atoms with Crippen LogP contribution in [0.15, 0.2) is 36.9 Å². The van der Waals surface area contributed by atoms with E-state index in [1.165, 1.54) is 12.1 Å². The van der Waals surface area contributed by atoms with Crippen LogP contribution in [0.4, 0.5) is 13.2 Å². The summed E-state index contributed by atoms with van der Waals surface area (Å²) in [6, 6.07) is 8.13. The molecule has 0 N–H and O–H groups in total. The van der Waals surface area contributed by atoms with E-state index in [2.05, 4.69) is 27.4 Å². The van der Waals surface area contributed by atoms with Crippen LogP contribution in [-0.2, 0) is 10.6 Å².